The Kier molecular flexibility index (Phi) is 2.99. The first-order valence-corrected chi connectivity index (χ1v) is 5.98. The number of fused-ring (bicyclic) bond motifs is 1. The van der Waals surface area contributed by atoms with Crippen LogP contribution in [-0.4, -0.2) is 17.5 Å². The van der Waals surface area contributed by atoms with Crippen LogP contribution in [0.25, 0.3) is 0 Å². The van der Waals surface area contributed by atoms with Crippen LogP contribution in [0.1, 0.15) is 24.2 Å². The van der Waals surface area contributed by atoms with E-state index in [4.69, 9.17) is 4.74 Å². The fourth-order valence-corrected chi connectivity index (χ4v) is 2.64. The molecule has 0 fully saturated rings. The number of hydrogen-bond donors (Lipinski definition) is 1. The first-order chi connectivity index (χ1) is 6.81. The lowest BCUT2D eigenvalue weighted by atomic mass is 10.0. The van der Waals surface area contributed by atoms with Gasteiger partial charge in [-0.15, -0.1) is 0 Å². The number of aliphatic hydroxyl groups is 1. The number of rotatable bonds is 2. The van der Waals surface area contributed by atoms with Crippen molar-refractivity contribution < 1.29 is 9.84 Å². The van der Waals surface area contributed by atoms with Crippen molar-refractivity contribution >= 4 is 11.8 Å². The van der Waals surface area contributed by atoms with Crippen LogP contribution in [0.2, 0.25) is 0 Å². The van der Waals surface area contributed by atoms with Gasteiger partial charge in [0.2, 0.25) is 0 Å². The van der Waals surface area contributed by atoms with E-state index in [1.807, 2.05) is 19.1 Å². The predicted octanol–water partition coefficient (Wildman–Crippen LogP) is 2.37. The molecule has 2 nitrogen and oxygen atoms in total. The number of aliphatic hydroxyl groups excluding tert-OH is 1. The molecule has 1 aromatic rings. The number of hydrogen-bond acceptors (Lipinski definition) is 3. The third-order valence-corrected chi connectivity index (χ3v) is 3.39. The molecule has 3 heteroatoms. The lowest BCUT2D eigenvalue weighted by Crippen LogP contribution is -2.10. The molecule has 1 atom stereocenters. The summed E-state index contributed by atoms with van der Waals surface area (Å²) in [7, 11) is 0. The summed E-state index contributed by atoms with van der Waals surface area (Å²) in [5, 5.41) is 9.78. The molecular weight excluding hydrogens is 196 g/mol. The highest BCUT2D eigenvalue weighted by molar-refractivity contribution is 7.98. The lowest BCUT2D eigenvalue weighted by Gasteiger charge is -2.21. The Labute approximate surface area is 88.3 Å². The third kappa shape index (κ3) is 1.88. The van der Waals surface area contributed by atoms with Gasteiger partial charge in [-0.2, -0.15) is 11.8 Å². The maximum atomic E-state index is 9.78. The van der Waals surface area contributed by atoms with Crippen molar-refractivity contribution in [3.05, 3.63) is 29.3 Å². The standard InChI is InChI=1S/C11H14O2S/c1-2-13-9-4-3-8-6-14-7-11(12)10(8)5-9/h3-5,11-12H,2,6-7H2,1H3. The summed E-state index contributed by atoms with van der Waals surface area (Å²) in [5.41, 5.74) is 2.27. The van der Waals surface area contributed by atoms with Crippen molar-refractivity contribution in [1.82, 2.24) is 0 Å². The summed E-state index contributed by atoms with van der Waals surface area (Å²) in [4.78, 5) is 0. The Morgan fingerprint density at radius 1 is 1.57 bits per heavy atom. The summed E-state index contributed by atoms with van der Waals surface area (Å²) in [5.74, 6) is 2.65. The Balaban J connectivity index is 2.31. The predicted molar refractivity (Wildman–Crippen MR) is 58.7 cm³/mol. The van der Waals surface area contributed by atoms with Gasteiger partial charge in [-0.05, 0) is 30.2 Å². The van der Waals surface area contributed by atoms with E-state index in [1.165, 1.54) is 5.56 Å². The van der Waals surface area contributed by atoms with Crippen molar-refractivity contribution in [3.8, 4) is 5.75 Å². The molecule has 0 spiro atoms. The summed E-state index contributed by atoms with van der Waals surface area (Å²) in [6, 6.07) is 5.99. The van der Waals surface area contributed by atoms with E-state index in [9.17, 15) is 5.11 Å². The summed E-state index contributed by atoms with van der Waals surface area (Å²) >= 11 is 1.77. The van der Waals surface area contributed by atoms with Crippen LogP contribution in [-0.2, 0) is 5.75 Å². The number of benzene rings is 1. The molecule has 0 saturated heterocycles. The summed E-state index contributed by atoms with van der Waals surface area (Å²) < 4.78 is 5.40. The molecule has 1 heterocycles. The van der Waals surface area contributed by atoms with Crippen LogP contribution < -0.4 is 4.74 Å². The average Bonchev–Trinajstić information content (AvgIpc) is 2.20. The second kappa shape index (κ2) is 4.24. The van der Waals surface area contributed by atoms with E-state index < -0.39 is 0 Å². The van der Waals surface area contributed by atoms with E-state index in [1.54, 1.807) is 11.8 Å². The van der Waals surface area contributed by atoms with E-state index in [0.29, 0.717) is 6.61 Å². The van der Waals surface area contributed by atoms with Crippen molar-refractivity contribution in [3.63, 3.8) is 0 Å². The van der Waals surface area contributed by atoms with Crippen LogP contribution in [0.5, 0.6) is 5.75 Å². The molecule has 1 aliphatic heterocycles. The van der Waals surface area contributed by atoms with E-state index in [2.05, 4.69) is 6.07 Å². The second-order valence-corrected chi connectivity index (χ2v) is 4.35. The summed E-state index contributed by atoms with van der Waals surface area (Å²) in [6.45, 7) is 2.63. The SMILES string of the molecule is CCOc1ccc2c(c1)C(O)CSC2. The molecule has 1 aliphatic rings. The average molecular weight is 210 g/mol. The quantitative estimate of drug-likeness (QED) is 0.812. The molecular formula is C11H14O2S. The molecule has 1 unspecified atom stereocenters. The zero-order chi connectivity index (χ0) is 9.97. The van der Waals surface area contributed by atoms with Crippen molar-refractivity contribution in [2.75, 3.05) is 12.4 Å². The Morgan fingerprint density at radius 2 is 2.43 bits per heavy atom. The fraction of sp³-hybridized carbons (Fsp3) is 0.455. The molecule has 0 radical (unpaired) electrons. The summed E-state index contributed by atoms with van der Waals surface area (Å²) in [6.07, 6.45) is -0.329. The van der Waals surface area contributed by atoms with Crippen LogP contribution in [0.15, 0.2) is 18.2 Å². The molecule has 76 valence electrons. The van der Waals surface area contributed by atoms with E-state index in [0.717, 1.165) is 22.8 Å². The fourth-order valence-electron chi connectivity index (χ4n) is 1.64. The zero-order valence-electron chi connectivity index (χ0n) is 8.19. The minimum absolute atomic E-state index is 0.329. The highest BCUT2D eigenvalue weighted by Crippen LogP contribution is 2.33. The van der Waals surface area contributed by atoms with Gasteiger partial charge in [0.25, 0.3) is 0 Å². The van der Waals surface area contributed by atoms with Gasteiger partial charge in [0.1, 0.15) is 5.75 Å². The van der Waals surface area contributed by atoms with Gasteiger partial charge in [0.05, 0.1) is 12.7 Å². The van der Waals surface area contributed by atoms with Gasteiger partial charge >= 0.3 is 0 Å². The minimum Gasteiger partial charge on any atom is -0.494 e. The Bertz CT molecular complexity index is 325. The van der Waals surface area contributed by atoms with Crippen LogP contribution in [0.4, 0.5) is 0 Å². The monoisotopic (exact) mass is 210 g/mol. The van der Waals surface area contributed by atoms with Gasteiger partial charge in [-0.25, -0.2) is 0 Å². The molecule has 0 saturated carbocycles. The highest BCUT2D eigenvalue weighted by Gasteiger charge is 2.18. The largest absolute Gasteiger partial charge is 0.494 e. The lowest BCUT2D eigenvalue weighted by molar-refractivity contribution is 0.201. The molecule has 14 heavy (non-hydrogen) atoms. The first-order valence-electron chi connectivity index (χ1n) is 4.82. The van der Waals surface area contributed by atoms with Crippen molar-refractivity contribution in [2.45, 2.75) is 18.8 Å². The number of ether oxygens (including phenoxy) is 1. The van der Waals surface area contributed by atoms with Crippen LogP contribution in [0.3, 0.4) is 0 Å². The molecule has 0 aliphatic carbocycles. The second-order valence-electron chi connectivity index (χ2n) is 3.32. The molecule has 1 aromatic carbocycles. The normalized spacial score (nSPS) is 20.3. The van der Waals surface area contributed by atoms with E-state index in [-0.39, 0.29) is 6.10 Å². The topological polar surface area (TPSA) is 29.5 Å². The maximum Gasteiger partial charge on any atom is 0.119 e. The molecule has 2 rings (SSSR count). The zero-order valence-corrected chi connectivity index (χ0v) is 9.01. The van der Waals surface area contributed by atoms with Crippen LogP contribution in [0, 0.1) is 0 Å². The third-order valence-electron chi connectivity index (χ3n) is 2.32. The Morgan fingerprint density at radius 3 is 3.21 bits per heavy atom. The minimum atomic E-state index is -0.329. The van der Waals surface area contributed by atoms with Crippen LogP contribution >= 0.6 is 11.8 Å². The first kappa shape index (κ1) is 9.87. The maximum absolute atomic E-state index is 9.78. The Hall–Kier alpha value is -0.670. The molecule has 0 amide bonds. The van der Waals surface area contributed by atoms with E-state index >= 15 is 0 Å². The highest BCUT2D eigenvalue weighted by atomic mass is 32.2. The van der Waals surface area contributed by atoms with Gasteiger partial charge in [0.15, 0.2) is 0 Å². The molecule has 0 aromatic heterocycles. The van der Waals surface area contributed by atoms with Gasteiger partial charge in [0, 0.05) is 11.5 Å². The van der Waals surface area contributed by atoms with Crippen molar-refractivity contribution in [2.24, 2.45) is 0 Å². The van der Waals surface area contributed by atoms with Gasteiger partial charge in [-0.3, -0.25) is 0 Å². The van der Waals surface area contributed by atoms with Gasteiger partial charge < -0.3 is 9.84 Å². The molecule has 1 N–H and O–H groups in total. The van der Waals surface area contributed by atoms with Crippen molar-refractivity contribution in [1.29, 1.82) is 0 Å². The van der Waals surface area contributed by atoms with Gasteiger partial charge in [-0.1, -0.05) is 6.07 Å². The number of thioether (sulfide) groups is 1. The molecule has 0 bridgehead atoms. The smallest absolute Gasteiger partial charge is 0.119 e.